The summed E-state index contributed by atoms with van der Waals surface area (Å²) in [4.78, 5) is 76.8. The van der Waals surface area contributed by atoms with E-state index in [9.17, 15) is 28.8 Å². The number of imide groups is 1. The molecule has 12 nitrogen and oxygen atoms in total. The molecule has 2 aliphatic rings. The summed E-state index contributed by atoms with van der Waals surface area (Å²) in [5.74, 6) is -4.35. The Hall–Kier alpha value is -4.58. The predicted octanol–water partition coefficient (Wildman–Crippen LogP) is 1.23. The quantitative estimate of drug-likeness (QED) is 0.309. The number of nitrogens with zero attached hydrogens (tertiary/aromatic N) is 1. The van der Waals surface area contributed by atoms with Gasteiger partial charge in [0.15, 0.2) is 18.4 Å². The molecule has 2 aromatic rings. The molecule has 2 aromatic carbocycles. The van der Waals surface area contributed by atoms with Crippen molar-refractivity contribution < 1.29 is 47.7 Å². The van der Waals surface area contributed by atoms with E-state index in [4.69, 9.17) is 18.9 Å². The number of amides is 3. The van der Waals surface area contributed by atoms with Gasteiger partial charge in [0.25, 0.3) is 17.7 Å². The van der Waals surface area contributed by atoms with Crippen LogP contribution in [0.5, 0.6) is 0 Å². The Labute approximate surface area is 223 Å². The lowest BCUT2D eigenvalue weighted by Crippen LogP contribution is -2.70. The van der Waals surface area contributed by atoms with Crippen molar-refractivity contribution in [2.75, 3.05) is 6.61 Å². The average Bonchev–Trinajstić information content (AvgIpc) is 3.14. The first-order valence-corrected chi connectivity index (χ1v) is 12.0. The first kappa shape index (κ1) is 27.5. The van der Waals surface area contributed by atoms with Gasteiger partial charge in [0, 0.05) is 26.3 Å². The van der Waals surface area contributed by atoms with Crippen LogP contribution in [0, 0.1) is 0 Å². The second kappa shape index (κ2) is 11.4. The molecule has 1 N–H and O–H groups in total. The zero-order valence-electron chi connectivity index (χ0n) is 21.3. The molecule has 0 radical (unpaired) electrons. The molecule has 1 saturated heterocycles. The highest BCUT2D eigenvalue weighted by Gasteiger charge is 2.57. The maximum Gasteiger partial charge on any atom is 0.303 e. The highest BCUT2D eigenvalue weighted by atomic mass is 16.6. The second-order valence-corrected chi connectivity index (χ2v) is 8.90. The van der Waals surface area contributed by atoms with E-state index in [0.29, 0.717) is 0 Å². The summed E-state index contributed by atoms with van der Waals surface area (Å²) < 4.78 is 22.1. The molecule has 39 heavy (non-hydrogen) atoms. The minimum atomic E-state index is -1.50. The maximum atomic E-state index is 13.5. The molecule has 0 aliphatic carbocycles. The maximum absolute atomic E-state index is 13.5. The van der Waals surface area contributed by atoms with Crippen LogP contribution in [0.2, 0.25) is 0 Å². The van der Waals surface area contributed by atoms with Gasteiger partial charge in [0.1, 0.15) is 18.8 Å². The Balaban J connectivity index is 1.81. The molecular weight excluding hydrogens is 512 g/mol. The number of hydrogen-bond donors (Lipinski definition) is 1. The molecule has 1 fully saturated rings. The van der Waals surface area contributed by atoms with E-state index < -0.39 is 72.8 Å². The fraction of sp³-hybridized carbons (Fsp3) is 0.333. The van der Waals surface area contributed by atoms with E-state index in [-0.39, 0.29) is 16.7 Å². The normalized spacial score (nSPS) is 24.0. The largest absolute Gasteiger partial charge is 0.463 e. The van der Waals surface area contributed by atoms with Crippen molar-refractivity contribution in [2.45, 2.75) is 51.4 Å². The molecule has 12 heteroatoms. The Morgan fingerprint density at radius 3 is 1.87 bits per heavy atom. The van der Waals surface area contributed by atoms with Crippen molar-refractivity contribution in [3.63, 3.8) is 0 Å². The molecule has 3 amide bonds. The topological polar surface area (TPSA) is 155 Å². The number of carbonyl (C=O) groups is 6. The van der Waals surface area contributed by atoms with Gasteiger partial charge in [-0.05, 0) is 24.3 Å². The zero-order valence-corrected chi connectivity index (χ0v) is 21.3. The summed E-state index contributed by atoms with van der Waals surface area (Å²) >= 11 is 0. The number of carbonyl (C=O) groups excluding carboxylic acids is 6. The number of hydrogen-bond acceptors (Lipinski definition) is 10. The van der Waals surface area contributed by atoms with E-state index in [2.05, 4.69) is 5.32 Å². The minimum absolute atomic E-state index is 0.100. The molecule has 0 spiro atoms. The Bertz CT molecular complexity index is 1280. The molecule has 0 unspecified atom stereocenters. The second-order valence-electron chi connectivity index (χ2n) is 8.90. The summed E-state index contributed by atoms with van der Waals surface area (Å²) in [6, 6.07) is 12.7. The van der Waals surface area contributed by atoms with Crippen LogP contribution in [0.1, 0.15) is 51.8 Å². The lowest BCUT2D eigenvalue weighted by atomic mass is 9.93. The van der Waals surface area contributed by atoms with Crippen molar-refractivity contribution in [1.29, 1.82) is 0 Å². The van der Waals surface area contributed by atoms with Crippen LogP contribution in [0.3, 0.4) is 0 Å². The first-order chi connectivity index (χ1) is 18.6. The summed E-state index contributed by atoms with van der Waals surface area (Å²) in [5, 5.41) is 2.65. The third kappa shape index (κ3) is 5.80. The summed E-state index contributed by atoms with van der Waals surface area (Å²) in [6.45, 7) is 2.91. The number of benzene rings is 2. The standard InChI is InChI=1S/C27H26N2O10/c1-14(30)36-13-20-22(37-15(2)31)23(38-16(3)32)21(25(39-20)28-24(33)17-9-5-4-6-10-17)29-26(34)18-11-7-8-12-19(18)27(29)35/h4-12,20-23,25H,13H2,1-3H3,(H,28,33)/t20-,21-,22-,23-,25-/m1/s1. The van der Waals surface area contributed by atoms with Crippen LogP contribution in [0.4, 0.5) is 0 Å². The average molecular weight is 539 g/mol. The molecule has 0 aromatic heterocycles. The van der Waals surface area contributed by atoms with Crippen LogP contribution in [0.25, 0.3) is 0 Å². The van der Waals surface area contributed by atoms with Crippen molar-refractivity contribution in [3.05, 3.63) is 71.3 Å². The molecule has 5 atom stereocenters. The van der Waals surface area contributed by atoms with Crippen molar-refractivity contribution in [3.8, 4) is 0 Å². The molecule has 0 saturated carbocycles. The van der Waals surface area contributed by atoms with Crippen molar-refractivity contribution >= 4 is 35.6 Å². The van der Waals surface area contributed by atoms with E-state index >= 15 is 0 Å². The van der Waals surface area contributed by atoms with Gasteiger partial charge >= 0.3 is 17.9 Å². The number of nitrogens with one attached hydrogen (secondary N) is 1. The van der Waals surface area contributed by atoms with Crippen LogP contribution in [-0.4, -0.2) is 77.7 Å². The Morgan fingerprint density at radius 2 is 1.33 bits per heavy atom. The van der Waals surface area contributed by atoms with Gasteiger partial charge in [-0.2, -0.15) is 0 Å². The van der Waals surface area contributed by atoms with E-state index in [0.717, 1.165) is 25.7 Å². The Morgan fingerprint density at radius 1 is 0.795 bits per heavy atom. The number of ether oxygens (including phenoxy) is 4. The third-order valence-corrected chi connectivity index (χ3v) is 6.15. The highest BCUT2D eigenvalue weighted by Crippen LogP contribution is 2.34. The van der Waals surface area contributed by atoms with Gasteiger partial charge in [0.05, 0.1) is 11.1 Å². The fourth-order valence-electron chi connectivity index (χ4n) is 4.60. The van der Waals surface area contributed by atoms with E-state index in [1.165, 1.54) is 24.3 Å². The third-order valence-electron chi connectivity index (χ3n) is 6.15. The van der Waals surface area contributed by atoms with Crippen LogP contribution >= 0.6 is 0 Å². The lowest BCUT2D eigenvalue weighted by molar-refractivity contribution is -0.232. The van der Waals surface area contributed by atoms with Gasteiger partial charge in [-0.25, -0.2) is 0 Å². The number of fused-ring (bicyclic) bond motifs is 1. The van der Waals surface area contributed by atoms with Gasteiger partial charge in [0.2, 0.25) is 0 Å². The lowest BCUT2D eigenvalue weighted by Gasteiger charge is -2.47. The van der Waals surface area contributed by atoms with Crippen molar-refractivity contribution in [2.24, 2.45) is 0 Å². The highest BCUT2D eigenvalue weighted by molar-refractivity contribution is 6.21. The van der Waals surface area contributed by atoms with Gasteiger partial charge in [-0.3, -0.25) is 33.7 Å². The summed E-state index contributed by atoms with van der Waals surface area (Å²) in [6.07, 6.45) is -5.61. The molecule has 4 rings (SSSR count). The smallest absolute Gasteiger partial charge is 0.303 e. The number of rotatable bonds is 7. The summed E-state index contributed by atoms with van der Waals surface area (Å²) in [5.41, 5.74) is 0.441. The van der Waals surface area contributed by atoms with Gasteiger partial charge in [-0.15, -0.1) is 0 Å². The Kier molecular flexibility index (Phi) is 8.05. The fourth-order valence-corrected chi connectivity index (χ4v) is 4.60. The summed E-state index contributed by atoms with van der Waals surface area (Å²) in [7, 11) is 0. The van der Waals surface area contributed by atoms with E-state index in [1.807, 2.05) is 0 Å². The van der Waals surface area contributed by atoms with E-state index in [1.54, 1.807) is 30.3 Å². The number of esters is 3. The van der Waals surface area contributed by atoms with Crippen LogP contribution < -0.4 is 5.32 Å². The van der Waals surface area contributed by atoms with Gasteiger partial charge in [-0.1, -0.05) is 30.3 Å². The monoisotopic (exact) mass is 538 g/mol. The zero-order chi connectivity index (χ0) is 28.3. The minimum Gasteiger partial charge on any atom is -0.463 e. The SMILES string of the molecule is CC(=O)OC[C@H]1O[C@@H](NC(=O)c2ccccc2)[C@H](N2C(=O)c3ccccc3C2=O)[C@@H](OC(C)=O)[C@@H]1OC(C)=O. The van der Waals surface area contributed by atoms with Crippen LogP contribution in [0.15, 0.2) is 54.6 Å². The predicted molar refractivity (Wildman–Crippen MR) is 131 cm³/mol. The molecule has 204 valence electrons. The molecule has 0 bridgehead atoms. The molecule has 2 aliphatic heterocycles. The van der Waals surface area contributed by atoms with Gasteiger partial charge < -0.3 is 24.3 Å². The van der Waals surface area contributed by atoms with Crippen molar-refractivity contribution in [1.82, 2.24) is 10.2 Å². The molecule has 2 heterocycles. The first-order valence-electron chi connectivity index (χ1n) is 12.0. The van der Waals surface area contributed by atoms with Crippen LogP contribution in [-0.2, 0) is 33.3 Å². The molecular formula is C27H26N2O10.